The van der Waals surface area contributed by atoms with Gasteiger partial charge in [-0.05, 0) is 0 Å². The van der Waals surface area contributed by atoms with E-state index >= 15 is 0 Å². The summed E-state index contributed by atoms with van der Waals surface area (Å²) < 4.78 is 31.6. The maximum atomic E-state index is 8.74. The van der Waals surface area contributed by atoms with Crippen molar-refractivity contribution in [1.82, 2.24) is 0 Å². The summed E-state index contributed by atoms with van der Waals surface area (Å²) in [5, 5.41) is 21.5. The van der Waals surface area contributed by atoms with Crippen LogP contribution in [0.5, 0.6) is 0 Å². The summed E-state index contributed by atoms with van der Waals surface area (Å²) >= 11 is 0. The van der Waals surface area contributed by atoms with Crippen LogP contribution < -0.4 is 0 Å². The molecule has 62 valence electrons. The molecular weight excluding hydrogens is 362 g/mol. The minimum absolute atomic E-state index is 0. The zero-order valence-electron chi connectivity index (χ0n) is 4.75. The Morgan fingerprint density at radius 1 is 1.00 bits per heavy atom. The monoisotopic (exact) mass is 370 g/mol. The van der Waals surface area contributed by atoms with E-state index in [1.807, 2.05) is 0 Å². The third kappa shape index (κ3) is 963. The van der Waals surface area contributed by atoms with Crippen LogP contribution >= 0.6 is 0 Å². The van der Waals surface area contributed by atoms with Gasteiger partial charge in [-0.1, -0.05) is 0 Å². The zero-order valence-corrected chi connectivity index (χ0v) is 11.1. The van der Waals surface area contributed by atoms with Crippen LogP contribution in [0.1, 0.15) is 0 Å². The Hall–Kier alpha value is 0.737. The Bertz CT molecular complexity index is 125. The summed E-state index contributed by atoms with van der Waals surface area (Å²) in [5.41, 5.74) is 0. The van der Waals surface area contributed by atoms with E-state index in [1.54, 1.807) is 0 Å². The molecule has 0 aliphatic heterocycles. The molecule has 0 aliphatic rings. The Morgan fingerprint density at radius 3 is 1.00 bits per heavy atom. The van der Waals surface area contributed by atoms with Crippen molar-refractivity contribution in [1.29, 1.82) is 0 Å². The summed E-state index contributed by atoms with van der Waals surface area (Å²) in [6.07, 6.45) is 0. The van der Waals surface area contributed by atoms with Crippen molar-refractivity contribution in [2.75, 3.05) is 0 Å². The van der Waals surface area contributed by atoms with Crippen LogP contribution in [-0.4, -0.2) is 67.2 Å². The van der Waals surface area contributed by atoms with E-state index in [1.165, 1.54) is 0 Å². The molecule has 0 unspecified atom stereocenters. The van der Waals surface area contributed by atoms with Gasteiger partial charge in [0.15, 0.2) is 0 Å². The molecule has 0 spiro atoms. The summed E-state index contributed by atoms with van der Waals surface area (Å²) in [4.78, 5) is 0. The SMILES string of the molecule is O=S(=O)(O)O.OB(O)O.[PbH2]. The van der Waals surface area contributed by atoms with Gasteiger partial charge in [0.25, 0.3) is 0 Å². The summed E-state index contributed by atoms with van der Waals surface area (Å²) in [5.74, 6) is 0. The van der Waals surface area contributed by atoms with Gasteiger partial charge in [-0.3, -0.25) is 9.11 Å². The van der Waals surface area contributed by atoms with E-state index in [0.29, 0.717) is 0 Å². The molecule has 2 radical (unpaired) electrons. The molecule has 0 amide bonds. The van der Waals surface area contributed by atoms with Crippen LogP contribution in [0.25, 0.3) is 0 Å². The van der Waals surface area contributed by atoms with Gasteiger partial charge in [-0.15, -0.1) is 0 Å². The van der Waals surface area contributed by atoms with Crippen molar-refractivity contribution in [3.8, 4) is 0 Å². The van der Waals surface area contributed by atoms with E-state index < -0.39 is 17.7 Å². The molecular formula is H7BO7PbS. The van der Waals surface area contributed by atoms with Gasteiger partial charge in [-0.2, -0.15) is 8.42 Å². The zero-order chi connectivity index (χ0) is 8.08. The van der Waals surface area contributed by atoms with Gasteiger partial charge in [0.2, 0.25) is 0 Å². The standard InChI is InChI=1S/BH3O3.H2O4S.Pb.2H/c2-1(3)4;1-5(2,3)4;;;/h2-4H;(H2,1,2,3,4);;;. The first-order valence-corrected chi connectivity index (χ1v) is 2.87. The summed E-state index contributed by atoms with van der Waals surface area (Å²) in [6, 6.07) is 0. The second kappa shape index (κ2) is 7.84. The van der Waals surface area contributed by atoms with E-state index in [9.17, 15) is 0 Å². The van der Waals surface area contributed by atoms with Crippen molar-refractivity contribution < 1.29 is 32.6 Å². The molecule has 0 saturated carbocycles. The topological polar surface area (TPSA) is 135 Å². The van der Waals surface area contributed by atoms with Gasteiger partial charge in [0.1, 0.15) is 0 Å². The van der Waals surface area contributed by atoms with Crippen molar-refractivity contribution >= 4 is 45.0 Å². The predicted molar refractivity (Wildman–Crippen MR) is 35.1 cm³/mol. The summed E-state index contributed by atoms with van der Waals surface area (Å²) in [7, 11) is -6.83. The molecule has 10 heavy (non-hydrogen) atoms. The van der Waals surface area contributed by atoms with Crippen LogP contribution in [0.3, 0.4) is 0 Å². The average Bonchev–Trinajstić information content (AvgIpc) is 1.19. The van der Waals surface area contributed by atoms with E-state index in [2.05, 4.69) is 0 Å². The van der Waals surface area contributed by atoms with Gasteiger partial charge in [0.05, 0.1) is 0 Å². The first-order valence-electron chi connectivity index (χ1n) is 1.47. The first-order chi connectivity index (χ1) is 3.73. The second-order valence-corrected chi connectivity index (χ2v) is 1.69. The van der Waals surface area contributed by atoms with Gasteiger partial charge < -0.3 is 15.1 Å². The van der Waals surface area contributed by atoms with Gasteiger partial charge >= 0.3 is 45.0 Å². The van der Waals surface area contributed by atoms with Gasteiger partial charge in [0, 0.05) is 0 Å². The second-order valence-electron chi connectivity index (χ2n) is 0.794. The van der Waals surface area contributed by atoms with E-state index in [0.717, 1.165) is 0 Å². The molecule has 0 aromatic heterocycles. The molecule has 0 bridgehead atoms. The first kappa shape index (κ1) is 17.0. The third-order valence-corrected chi connectivity index (χ3v) is 0. The predicted octanol–water partition coefficient (Wildman–Crippen LogP) is -3.62. The van der Waals surface area contributed by atoms with Crippen molar-refractivity contribution in [3.05, 3.63) is 0 Å². The Kier molecular flexibility index (Phi) is 13.3. The van der Waals surface area contributed by atoms with Crippen LogP contribution in [0, 0.1) is 0 Å². The molecule has 7 nitrogen and oxygen atoms in total. The van der Waals surface area contributed by atoms with E-state index in [4.69, 9.17) is 32.6 Å². The molecule has 5 N–H and O–H groups in total. The van der Waals surface area contributed by atoms with Crippen LogP contribution in [-0.2, 0) is 10.4 Å². The molecule has 0 aliphatic carbocycles. The normalized spacial score (nSPS) is 8.50. The van der Waals surface area contributed by atoms with Crippen molar-refractivity contribution in [2.24, 2.45) is 0 Å². The number of hydrogen-bond acceptors (Lipinski definition) is 5. The Morgan fingerprint density at radius 2 is 1.00 bits per heavy atom. The van der Waals surface area contributed by atoms with Gasteiger partial charge in [-0.25, -0.2) is 0 Å². The average molecular weight is 369 g/mol. The summed E-state index contributed by atoms with van der Waals surface area (Å²) in [6.45, 7) is 0. The molecule has 0 fully saturated rings. The van der Waals surface area contributed by atoms with Crippen LogP contribution in [0.15, 0.2) is 0 Å². The van der Waals surface area contributed by atoms with E-state index in [-0.39, 0.29) is 27.3 Å². The fourth-order valence-corrected chi connectivity index (χ4v) is 0. The molecule has 0 rings (SSSR count). The molecule has 0 aromatic rings. The molecule has 10 heteroatoms. The van der Waals surface area contributed by atoms with Crippen molar-refractivity contribution in [2.45, 2.75) is 0 Å². The minimum atomic E-state index is -4.67. The van der Waals surface area contributed by atoms with Crippen molar-refractivity contribution in [3.63, 3.8) is 0 Å². The molecule has 0 saturated heterocycles. The fourth-order valence-electron chi connectivity index (χ4n) is 0. The molecule has 0 aromatic carbocycles. The third-order valence-electron chi connectivity index (χ3n) is 0. The fraction of sp³-hybridized carbons (Fsp3) is 0. The molecule has 0 atom stereocenters. The number of hydrogen-bond donors (Lipinski definition) is 5. The van der Waals surface area contributed by atoms with Crippen LogP contribution in [0.2, 0.25) is 0 Å². The maximum absolute atomic E-state index is 8.74. The van der Waals surface area contributed by atoms with Crippen LogP contribution in [0.4, 0.5) is 0 Å². The number of rotatable bonds is 0. The Balaban J connectivity index is -0.0000000910. The molecule has 0 heterocycles. The Labute approximate surface area is 77.6 Å². The quantitative estimate of drug-likeness (QED) is 0.220.